The largest absolute Gasteiger partial charge is 0.463 e. The fourth-order valence-electron chi connectivity index (χ4n) is 4.48. The molecule has 1 aliphatic heterocycles. The highest BCUT2D eigenvalue weighted by Crippen LogP contribution is 2.41. The van der Waals surface area contributed by atoms with Crippen molar-refractivity contribution in [1.82, 2.24) is 10.3 Å². The van der Waals surface area contributed by atoms with Gasteiger partial charge in [0.2, 0.25) is 5.91 Å². The molecule has 0 atom stereocenters. The maximum atomic E-state index is 13.1. The number of amides is 1. The van der Waals surface area contributed by atoms with Gasteiger partial charge in [-0.25, -0.2) is 14.6 Å². The minimum atomic E-state index is -0.671. The summed E-state index contributed by atoms with van der Waals surface area (Å²) in [6.45, 7) is 7.50. The lowest BCUT2D eigenvalue weighted by molar-refractivity contribution is -0.139. The average molecular weight is 532 g/mol. The maximum absolute atomic E-state index is 13.1. The number of nitrogens with two attached hydrogens (primary N) is 1. The van der Waals surface area contributed by atoms with Crippen LogP contribution in [0.4, 0.5) is 0 Å². The summed E-state index contributed by atoms with van der Waals surface area (Å²) in [6.07, 6.45) is 0. The first-order chi connectivity index (χ1) is 18.2. The molecule has 38 heavy (non-hydrogen) atoms. The van der Waals surface area contributed by atoms with Gasteiger partial charge in [-0.1, -0.05) is 30.3 Å². The van der Waals surface area contributed by atoms with Crippen molar-refractivity contribution in [2.75, 3.05) is 13.2 Å². The molecule has 3 aromatic rings. The van der Waals surface area contributed by atoms with E-state index in [4.69, 9.17) is 20.2 Å². The van der Waals surface area contributed by atoms with Crippen LogP contribution in [0.3, 0.4) is 0 Å². The van der Waals surface area contributed by atoms with Crippen molar-refractivity contribution < 1.29 is 23.9 Å². The third-order valence-electron chi connectivity index (χ3n) is 6.19. The topological polar surface area (TPSA) is 121 Å². The van der Waals surface area contributed by atoms with Gasteiger partial charge < -0.3 is 20.5 Å². The van der Waals surface area contributed by atoms with Crippen molar-refractivity contribution in [1.29, 1.82) is 0 Å². The molecule has 1 amide bonds. The van der Waals surface area contributed by atoms with Crippen LogP contribution in [0.25, 0.3) is 21.8 Å². The first-order valence-electron chi connectivity index (χ1n) is 12.2. The van der Waals surface area contributed by atoms with E-state index in [1.54, 1.807) is 39.8 Å². The molecule has 0 bridgehead atoms. The van der Waals surface area contributed by atoms with Gasteiger partial charge >= 0.3 is 11.9 Å². The van der Waals surface area contributed by atoms with Crippen molar-refractivity contribution in [3.8, 4) is 21.8 Å². The maximum Gasteiger partial charge on any atom is 0.336 e. The minimum absolute atomic E-state index is 0.210. The molecule has 1 aromatic heterocycles. The molecule has 4 rings (SSSR count). The molecule has 3 N–H and O–H groups in total. The van der Waals surface area contributed by atoms with E-state index in [-0.39, 0.29) is 13.2 Å². The predicted octanol–water partition coefficient (Wildman–Crippen LogP) is 4.94. The molecule has 0 spiro atoms. The lowest BCUT2D eigenvalue weighted by atomic mass is 9.80. The number of rotatable bonds is 8. The highest BCUT2D eigenvalue weighted by molar-refractivity contribution is 7.13. The second-order valence-electron chi connectivity index (χ2n) is 8.68. The number of esters is 2. The number of nitrogens with one attached hydrogen (secondary N) is 1. The summed E-state index contributed by atoms with van der Waals surface area (Å²) >= 11 is 1.47. The summed E-state index contributed by atoms with van der Waals surface area (Å²) in [6, 6.07) is 14.6. The number of hydrogen-bond donors (Lipinski definition) is 2. The van der Waals surface area contributed by atoms with Gasteiger partial charge in [0.1, 0.15) is 5.01 Å². The molecule has 1 aliphatic rings. The fraction of sp³-hybridized carbons (Fsp3) is 0.241. The van der Waals surface area contributed by atoms with Gasteiger partial charge in [-0.05, 0) is 51.5 Å². The Morgan fingerprint density at radius 1 is 0.921 bits per heavy atom. The van der Waals surface area contributed by atoms with Crippen LogP contribution in [0.2, 0.25) is 0 Å². The monoisotopic (exact) mass is 531 g/mol. The van der Waals surface area contributed by atoms with E-state index in [2.05, 4.69) is 5.32 Å². The molecule has 8 nitrogen and oxygen atoms in total. The quantitative estimate of drug-likeness (QED) is 0.395. The van der Waals surface area contributed by atoms with E-state index < -0.39 is 23.8 Å². The highest BCUT2D eigenvalue weighted by atomic mass is 32.1. The van der Waals surface area contributed by atoms with Crippen molar-refractivity contribution in [3.05, 3.63) is 87.6 Å². The molecule has 0 aliphatic carbocycles. The highest BCUT2D eigenvalue weighted by Gasteiger charge is 2.38. The molecular formula is C29H29N3O5S. The Kier molecular flexibility index (Phi) is 8.07. The van der Waals surface area contributed by atoms with Crippen LogP contribution in [0, 0.1) is 0 Å². The minimum Gasteiger partial charge on any atom is -0.463 e. The normalized spacial score (nSPS) is 13.8. The van der Waals surface area contributed by atoms with E-state index in [1.807, 2.05) is 41.8 Å². The molecule has 0 saturated carbocycles. The lowest BCUT2D eigenvalue weighted by Gasteiger charge is -2.30. The predicted molar refractivity (Wildman–Crippen MR) is 146 cm³/mol. The number of benzene rings is 2. The Morgan fingerprint density at radius 2 is 1.53 bits per heavy atom. The second kappa shape index (κ2) is 11.4. The number of allylic oxidation sites excluding steroid dienone is 2. The Labute approximate surface area is 225 Å². The average Bonchev–Trinajstić information content (AvgIpc) is 3.39. The summed E-state index contributed by atoms with van der Waals surface area (Å²) in [4.78, 5) is 42.3. The van der Waals surface area contributed by atoms with E-state index in [0.29, 0.717) is 28.1 Å². The van der Waals surface area contributed by atoms with Crippen LogP contribution in [-0.2, 0) is 19.1 Å². The smallest absolute Gasteiger partial charge is 0.336 e. The zero-order chi connectivity index (χ0) is 27.4. The Hall–Kier alpha value is -4.24. The van der Waals surface area contributed by atoms with Crippen LogP contribution in [0.1, 0.15) is 49.5 Å². The number of dihydropyridines is 1. The van der Waals surface area contributed by atoms with Gasteiger partial charge in [-0.2, -0.15) is 0 Å². The molecule has 0 fully saturated rings. The molecule has 0 unspecified atom stereocenters. The number of hydrogen-bond acceptors (Lipinski definition) is 8. The number of thiazole rings is 1. The number of carbonyl (C=O) groups is 3. The van der Waals surface area contributed by atoms with Crippen LogP contribution in [-0.4, -0.2) is 36.0 Å². The summed E-state index contributed by atoms with van der Waals surface area (Å²) in [5, 5.41) is 5.86. The first kappa shape index (κ1) is 26.8. The number of ether oxygens (including phenoxy) is 2. The zero-order valence-corrected chi connectivity index (χ0v) is 22.5. The van der Waals surface area contributed by atoms with Gasteiger partial charge in [-0.15, -0.1) is 11.3 Å². The van der Waals surface area contributed by atoms with E-state index in [1.165, 1.54) is 11.3 Å². The van der Waals surface area contributed by atoms with Gasteiger partial charge in [-0.3, -0.25) is 4.79 Å². The molecule has 2 aromatic carbocycles. The third kappa shape index (κ3) is 5.38. The zero-order valence-electron chi connectivity index (χ0n) is 21.7. The molecule has 0 saturated heterocycles. The third-order valence-corrected chi connectivity index (χ3v) is 7.08. The molecule has 196 valence electrons. The van der Waals surface area contributed by atoms with Gasteiger partial charge in [0, 0.05) is 33.5 Å². The van der Waals surface area contributed by atoms with Crippen molar-refractivity contribution in [3.63, 3.8) is 0 Å². The number of nitrogens with zero attached hydrogens (tertiary/aromatic N) is 1. The molecule has 2 heterocycles. The van der Waals surface area contributed by atoms with Crippen molar-refractivity contribution in [2.45, 2.75) is 33.6 Å². The van der Waals surface area contributed by atoms with Crippen LogP contribution >= 0.6 is 11.3 Å². The SMILES string of the molecule is CCOC(=O)C1=C(C)NC(C)=C(C(=O)OCC)C1c1cccc(-c2nc(-c3ccc(C(N)=O)cc3)cs2)c1. The van der Waals surface area contributed by atoms with Gasteiger partial charge in [0.25, 0.3) is 0 Å². The number of aromatic nitrogens is 1. The van der Waals surface area contributed by atoms with E-state index in [0.717, 1.165) is 27.4 Å². The van der Waals surface area contributed by atoms with Crippen LogP contribution in [0.5, 0.6) is 0 Å². The summed E-state index contributed by atoms with van der Waals surface area (Å²) in [5.74, 6) is -2.13. The Morgan fingerprint density at radius 3 is 2.08 bits per heavy atom. The Bertz CT molecular complexity index is 1410. The molecule has 9 heteroatoms. The van der Waals surface area contributed by atoms with E-state index >= 15 is 0 Å². The number of carbonyl (C=O) groups excluding carboxylic acids is 3. The molecule has 0 radical (unpaired) electrons. The summed E-state index contributed by atoms with van der Waals surface area (Å²) in [7, 11) is 0. The first-order valence-corrected chi connectivity index (χ1v) is 13.1. The summed E-state index contributed by atoms with van der Waals surface area (Å²) in [5.41, 5.74) is 11.0. The lowest BCUT2D eigenvalue weighted by Crippen LogP contribution is -2.32. The van der Waals surface area contributed by atoms with Crippen molar-refractivity contribution in [2.24, 2.45) is 5.73 Å². The standard InChI is InChI=1S/C29H29N3O5S/c1-5-36-28(34)23-16(3)31-17(4)24(29(35)37-6-2)25(23)20-8-7-9-21(14-20)27-32-22(15-38-27)18-10-12-19(13-11-18)26(30)33/h7-15,25,31H,5-6H2,1-4H3,(H2,30,33). The van der Waals surface area contributed by atoms with Gasteiger partial charge in [0.15, 0.2) is 0 Å². The Balaban J connectivity index is 1.76. The molecular weight excluding hydrogens is 502 g/mol. The second-order valence-corrected chi connectivity index (χ2v) is 9.54. The van der Waals surface area contributed by atoms with E-state index in [9.17, 15) is 14.4 Å². The summed E-state index contributed by atoms with van der Waals surface area (Å²) < 4.78 is 10.7. The van der Waals surface area contributed by atoms with Crippen LogP contribution < -0.4 is 11.1 Å². The van der Waals surface area contributed by atoms with Gasteiger partial charge in [0.05, 0.1) is 36.0 Å². The van der Waals surface area contributed by atoms with Crippen molar-refractivity contribution >= 4 is 29.2 Å². The van der Waals surface area contributed by atoms with Crippen LogP contribution in [0.15, 0.2) is 76.5 Å². The fourth-order valence-corrected chi connectivity index (χ4v) is 5.31. The number of primary amides is 1.